The molecule has 0 saturated heterocycles. The summed E-state index contributed by atoms with van der Waals surface area (Å²) in [6.45, 7) is 2.69. The molecule has 106 valence electrons. The van der Waals surface area contributed by atoms with Crippen molar-refractivity contribution in [3.8, 4) is 0 Å². The molecule has 1 aliphatic heterocycles. The predicted molar refractivity (Wildman–Crippen MR) is 77.2 cm³/mol. The van der Waals surface area contributed by atoms with E-state index in [4.69, 9.17) is 11.6 Å². The number of aromatic nitrogens is 2. The summed E-state index contributed by atoms with van der Waals surface area (Å²) in [6, 6.07) is 4.86. The Balaban J connectivity index is 1.50. The van der Waals surface area contributed by atoms with Crippen LogP contribution >= 0.6 is 11.6 Å². The van der Waals surface area contributed by atoms with E-state index >= 15 is 0 Å². The first-order valence-electron chi connectivity index (χ1n) is 6.87. The number of halogens is 2. The molecule has 20 heavy (non-hydrogen) atoms. The molecular weight excluding hydrogens is 277 g/mol. The molecule has 2 aromatic rings. The number of benzene rings is 1. The SMILES string of the molecule is Fc1ccc(CNCC2CCc3nccn3C2)cc1Cl. The summed E-state index contributed by atoms with van der Waals surface area (Å²) in [5.74, 6) is 1.44. The van der Waals surface area contributed by atoms with Gasteiger partial charge in [0.2, 0.25) is 0 Å². The monoisotopic (exact) mass is 293 g/mol. The number of rotatable bonds is 4. The maximum Gasteiger partial charge on any atom is 0.141 e. The van der Waals surface area contributed by atoms with E-state index < -0.39 is 0 Å². The van der Waals surface area contributed by atoms with Gasteiger partial charge in [-0.2, -0.15) is 0 Å². The topological polar surface area (TPSA) is 29.9 Å². The minimum atomic E-state index is -0.365. The highest BCUT2D eigenvalue weighted by atomic mass is 35.5. The fraction of sp³-hybridized carbons (Fsp3) is 0.400. The summed E-state index contributed by atoms with van der Waals surface area (Å²) >= 11 is 5.77. The zero-order valence-electron chi connectivity index (χ0n) is 11.1. The number of nitrogens with one attached hydrogen (secondary N) is 1. The molecule has 0 aliphatic carbocycles. The van der Waals surface area contributed by atoms with Gasteiger partial charge in [-0.3, -0.25) is 0 Å². The minimum absolute atomic E-state index is 0.185. The molecule has 1 N–H and O–H groups in total. The van der Waals surface area contributed by atoms with Gasteiger partial charge in [-0.05, 0) is 36.6 Å². The van der Waals surface area contributed by atoms with Gasteiger partial charge in [0.05, 0.1) is 5.02 Å². The Morgan fingerprint density at radius 1 is 1.45 bits per heavy atom. The third kappa shape index (κ3) is 3.02. The molecule has 0 amide bonds. The molecule has 1 aromatic heterocycles. The molecule has 1 aliphatic rings. The lowest BCUT2D eigenvalue weighted by atomic mass is 9.99. The molecule has 0 fully saturated rings. The Hall–Kier alpha value is -1.39. The minimum Gasteiger partial charge on any atom is -0.335 e. The summed E-state index contributed by atoms with van der Waals surface area (Å²) in [6.07, 6.45) is 6.11. The van der Waals surface area contributed by atoms with Gasteiger partial charge in [-0.25, -0.2) is 9.37 Å². The van der Waals surface area contributed by atoms with Gasteiger partial charge in [0.15, 0.2) is 0 Å². The van der Waals surface area contributed by atoms with E-state index in [0.29, 0.717) is 12.5 Å². The van der Waals surface area contributed by atoms with E-state index in [2.05, 4.69) is 14.9 Å². The predicted octanol–water partition coefficient (Wildman–Crippen LogP) is 3.03. The van der Waals surface area contributed by atoms with Crippen molar-refractivity contribution in [2.24, 2.45) is 5.92 Å². The van der Waals surface area contributed by atoms with Crippen LogP contribution in [0.1, 0.15) is 17.8 Å². The van der Waals surface area contributed by atoms with Gasteiger partial charge in [0, 0.05) is 31.9 Å². The molecule has 1 unspecified atom stereocenters. The van der Waals surface area contributed by atoms with Crippen molar-refractivity contribution in [3.63, 3.8) is 0 Å². The average molecular weight is 294 g/mol. The summed E-state index contributed by atoms with van der Waals surface area (Å²) in [4.78, 5) is 4.33. The van der Waals surface area contributed by atoms with Crippen molar-refractivity contribution in [3.05, 3.63) is 52.8 Å². The second-order valence-corrected chi connectivity index (χ2v) is 5.69. The van der Waals surface area contributed by atoms with E-state index in [1.54, 1.807) is 12.1 Å². The van der Waals surface area contributed by atoms with Crippen LogP contribution in [0, 0.1) is 11.7 Å². The van der Waals surface area contributed by atoms with Gasteiger partial charge >= 0.3 is 0 Å². The van der Waals surface area contributed by atoms with E-state index in [1.165, 1.54) is 11.9 Å². The third-order valence-corrected chi connectivity index (χ3v) is 4.07. The third-order valence-electron chi connectivity index (χ3n) is 3.78. The molecule has 0 spiro atoms. The van der Waals surface area contributed by atoms with Crippen LogP contribution in [-0.4, -0.2) is 16.1 Å². The first-order valence-corrected chi connectivity index (χ1v) is 7.25. The van der Waals surface area contributed by atoms with E-state index in [0.717, 1.165) is 31.5 Å². The number of imidazole rings is 1. The van der Waals surface area contributed by atoms with E-state index in [-0.39, 0.29) is 10.8 Å². The first-order chi connectivity index (χ1) is 9.72. The molecule has 1 atom stereocenters. The van der Waals surface area contributed by atoms with Crippen LogP contribution in [0.2, 0.25) is 5.02 Å². The molecule has 3 rings (SSSR count). The highest BCUT2D eigenvalue weighted by Crippen LogP contribution is 2.19. The first kappa shape index (κ1) is 13.6. The van der Waals surface area contributed by atoms with Crippen LogP contribution in [-0.2, 0) is 19.5 Å². The Morgan fingerprint density at radius 2 is 2.35 bits per heavy atom. The quantitative estimate of drug-likeness (QED) is 0.939. The second kappa shape index (κ2) is 5.94. The van der Waals surface area contributed by atoms with Crippen LogP contribution in [0.4, 0.5) is 4.39 Å². The van der Waals surface area contributed by atoms with Gasteiger partial charge in [-0.1, -0.05) is 17.7 Å². The standard InChI is InChI=1S/C15H17ClFN3/c16-13-7-11(1-3-14(13)17)8-18-9-12-2-4-15-19-5-6-20(15)10-12/h1,3,5-7,12,18H,2,4,8-10H2. The fourth-order valence-electron chi connectivity index (χ4n) is 2.67. The Kier molecular flexibility index (Phi) is 4.03. The number of hydrogen-bond acceptors (Lipinski definition) is 2. The zero-order valence-corrected chi connectivity index (χ0v) is 11.9. The van der Waals surface area contributed by atoms with Crippen LogP contribution in [0.25, 0.3) is 0 Å². The van der Waals surface area contributed by atoms with Crippen molar-refractivity contribution < 1.29 is 4.39 Å². The lowest BCUT2D eigenvalue weighted by molar-refractivity contribution is 0.347. The van der Waals surface area contributed by atoms with Crippen molar-refractivity contribution in [2.75, 3.05) is 6.54 Å². The van der Waals surface area contributed by atoms with Crippen LogP contribution in [0.5, 0.6) is 0 Å². The largest absolute Gasteiger partial charge is 0.335 e. The van der Waals surface area contributed by atoms with Crippen LogP contribution in [0.3, 0.4) is 0 Å². The number of aryl methyl sites for hydroxylation is 1. The van der Waals surface area contributed by atoms with Crippen molar-refractivity contribution >= 4 is 11.6 Å². The number of nitrogens with zero attached hydrogens (tertiary/aromatic N) is 2. The fourth-order valence-corrected chi connectivity index (χ4v) is 2.88. The van der Waals surface area contributed by atoms with Crippen molar-refractivity contribution in [1.82, 2.24) is 14.9 Å². The molecule has 5 heteroatoms. The second-order valence-electron chi connectivity index (χ2n) is 5.28. The molecule has 0 bridgehead atoms. The molecule has 0 saturated carbocycles. The van der Waals surface area contributed by atoms with Gasteiger partial charge in [0.25, 0.3) is 0 Å². The maximum atomic E-state index is 13.1. The molecular formula is C15H17ClFN3. The summed E-state index contributed by atoms with van der Waals surface area (Å²) in [5.41, 5.74) is 1.01. The Morgan fingerprint density at radius 3 is 3.20 bits per heavy atom. The molecule has 3 nitrogen and oxygen atoms in total. The lowest BCUT2D eigenvalue weighted by Gasteiger charge is -2.24. The number of fused-ring (bicyclic) bond motifs is 1. The molecule has 1 aromatic carbocycles. The zero-order chi connectivity index (χ0) is 13.9. The van der Waals surface area contributed by atoms with Crippen molar-refractivity contribution in [1.29, 1.82) is 0 Å². The summed E-state index contributed by atoms with van der Waals surface area (Å²) < 4.78 is 15.3. The van der Waals surface area contributed by atoms with Gasteiger partial charge in [-0.15, -0.1) is 0 Å². The molecule has 2 heterocycles. The maximum absolute atomic E-state index is 13.1. The average Bonchev–Trinajstić information content (AvgIpc) is 2.90. The molecule has 0 radical (unpaired) electrons. The van der Waals surface area contributed by atoms with Gasteiger partial charge < -0.3 is 9.88 Å². The van der Waals surface area contributed by atoms with Gasteiger partial charge in [0.1, 0.15) is 11.6 Å². The highest BCUT2D eigenvalue weighted by Gasteiger charge is 2.18. The normalized spacial score (nSPS) is 18.0. The summed E-state index contributed by atoms with van der Waals surface area (Å²) in [7, 11) is 0. The van der Waals surface area contributed by atoms with E-state index in [9.17, 15) is 4.39 Å². The smallest absolute Gasteiger partial charge is 0.141 e. The highest BCUT2D eigenvalue weighted by molar-refractivity contribution is 6.30. The Bertz CT molecular complexity index is 597. The van der Waals surface area contributed by atoms with Crippen LogP contribution < -0.4 is 5.32 Å². The number of hydrogen-bond donors (Lipinski definition) is 1. The lowest BCUT2D eigenvalue weighted by Crippen LogP contribution is -2.29. The van der Waals surface area contributed by atoms with Crippen LogP contribution in [0.15, 0.2) is 30.6 Å². The summed E-state index contributed by atoms with van der Waals surface area (Å²) in [5, 5.41) is 3.61. The Labute approximate surface area is 122 Å². The van der Waals surface area contributed by atoms with Crippen molar-refractivity contribution in [2.45, 2.75) is 25.9 Å². The van der Waals surface area contributed by atoms with E-state index in [1.807, 2.05) is 12.4 Å².